The summed E-state index contributed by atoms with van der Waals surface area (Å²) in [6, 6.07) is 14.4. The van der Waals surface area contributed by atoms with Gasteiger partial charge in [0.05, 0.1) is 11.7 Å². The van der Waals surface area contributed by atoms with Gasteiger partial charge in [-0.3, -0.25) is 4.90 Å². The number of hydrogen-bond acceptors (Lipinski definition) is 3. The molecule has 4 heteroatoms. The van der Waals surface area contributed by atoms with Crippen molar-refractivity contribution in [2.45, 2.75) is 18.4 Å². The van der Waals surface area contributed by atoms with Crippen LogP contribution in [0.1, 0.15) is 23.6 Å². The van der Waals surface area contributed by atoms with E-state index in [1.54, 1.807) is 12.3 Å². The first kappa shape index (κ1) is 14.2. The number of hydrogen-bond donors (Lipinski definition) is 0. The van der Waals surface area contributed by atoms with Crippen LogP contribution in [0.4, 0.5) is 10.1 Å². The molecule has 2 unspecified atom stereocenters. The summed E-state index contributed by atoms with van der Waals surface area (Å²) in [5.74, 6) is 3.29. The van der Waals surface area contributed by atoms with E-state index in [0.29, 0.717) is 12.0 Å². The van der Waals surface area contributed by atoms with E-state index < -0.39 is 0 Å². The molecule has 2 aliphatic heterocycles. The van der Waals surface area contributed by atoms with Crippen LogP contribution >= 0.6 is 0 Å². The molecular formula is C19H18FN3. The molecule has 0 spiro atoms. The highest BCUT2D eigenvalue weighted by atomic mass is 19.1. The van der Waals surface area contributed by atoms with Gasteiger partial charge in [0, 0.05) is 24.7 Å². The average molecular weight is 307 g/mol. The molecule has 1 saturated heterocycles. The van der Waals surface area contributed by atoms with E-state index in [4.69, 9.17) is 0 Å². The van der Waals surface area contributed by atoms with Gasteiger partial charge in [-0.2, -0.15) is 0 Å². The van der Waals surface area contributed by atoms with Gasteiger partial charge in [-0.25, -0.2) is 9.37 Å². The standard InChI is InChI=1S/C19H18FN3/c1-22-10-8-19-17(13-22)16-12-14(20)5-6-18(16)23(19)11-7-15-4-2-3-9-21-15/h2-6,9,12,17,19H,8,10,13H2,1H3. The molecule has 2 aliphatic rings. The van der Waals surface area contributed by atoms with E-state index in [9.17, 15) is 4.39 Å². The minimum Gasteiger partial charge on any atom is -0.306 e. The van der Waals surface area contributed by atoms with E-state index in [2.05, 4.69) is 33.8 Å². The molecule has 0 radical (unpaired) electrons. The van der Waals surface area contributed by atoms with Crippen molar-refractivity contribution < 1.29 is 4.39 Å². The Hall–Kier alpha value is -2.38. The fourth-order valence-corrected chi connectivity index (χ4v) is 3.63. The monoisotopic (exact) mass is 307 g/mol. The van der Waals surface area contributed by atoms with Gasteiger partial charge < -0.3 is 4.90 Å². The van der Waals surface area contributed by atoms with Crippen molar-refractivity contribution in [3.05, 3.63) is 59.7 Å². The molecule has 3 heterocycles. The number of rotatable bonds is 0. The van der Waals surface area contributed by atoms with E-state index in [0.717, 1.165) is 36.5 Å². The van der Waals surface area contributed by atoms with Gasteiger partial charge in [0.1, 0.15) is 11.5 Å². The van der Waals surface area contributed by atoms with E-state index in [1.807, 2.05) is 24.3 Å². The maximum absolute atomic E-state index is 13.7. The van der Waals surface area contributed by atoms with Gasteiger partial charge in [0.2, 0.25) is 0 Å². The highest BCUT2D eigenvalue weighted by Gasteiger charge is 2.41. The summed E-state index contributed by atoms with van der Waals surface area (Å²) in [5.41, 5.74) is 2.88. The summed E-state index contributed by atoms with van der Waals surface area (Å²) in [5, 5.41) is 0. The van der Waals surface area contributed by atoms with Crippen LogP contribution < -0.4 is 4.90 Å². The average Bonchev–Trinajstić information content (AvgIpc) is 2.86. The molecule has 0 aliphatic carbocycles. The molecule has 1 aromatic heterocycles. The smallest absolute Gasteiger partial charge is 0.123 e. The number of piperidine rings is 1. The highest BCUT2D eigenvalue weighted by molar-refractivity contribution is 5.66. The topological polar surface area (TPSA) is 19.4 Å². The van der Waals surface area contributed by atoms with Gasteiger partial charge in [-0.05, 0) is 61.8 Å². The maximum Gasteiger partial charge on any atom is 0.123 e. The van der Waals surface area contributed by atoms with E-state index >= 15 is 0 Å². The van der Waals surface area contributed by atoms with Crippen molar-refractivity contribution in [3.63, 3.8) is 0 Å². The predicted octanol–water partition coefficient (Wildman–Crippen LogP) is 2.84. The molecule has 0 amide bonds. The zero-order valence-corrected chi connectivity index (χ0v) is 13.0. The largest absolute Gasteiger partial charge is 0.306 e. The molecule has 4 rings (SSSR count). The van der Waals surface area contributed by atoms with Gasteiger partial charge in [0.15, 0.2) is 0 Å². The molecular weight excluding hydrogens is 289 g/mol. The molecule has 0 N–H and O–H groups in total. The van der Waals surface area contributed by atoms with Gasteiger partial charge in [0.25, 0.3) is 0 Å². The number of nitrogens with zero attached hydrogens (tertiary/aromatic N) is 3. The lowest BCUT2D eigenvalue weighted by Gasteiger charge is -2.35. The van der Waals surface area contributed by atoms with Crippen molar-refractivity contribution in [3.8, 4) is 12.0 Å². The molecule has 1 aromatic carbocycles. The Balaban J connectivity index is 1.74. The third kappa shape index (κ3) is 2.58. The fourth-order valence-electron chi connectivity index (χ4n) is 3.63. The second kappa shape index (κ2) is 5.68. The van der Waals surface area contributed by atoms with Crippen LogP contribution in [0.25, 0.3) is 0 Å². The number of fused-ring (bicyclic) bond motifs is 3. The number of pyridine rings is 1. The van der Waals surface area contributed by atoms with Crippen LogP contribution in [0, 0.1) is 17.8 Å². The molecule has 2 aromatic rings. The van der Waals surface area contributed by atoms with Crippen LogP contribution in [0.3, 0.4) is 0 Å². The second-order valence-corrected chi connectivity index (χ2v) is 6.25. The van der Waals surface area contributed by atoms with Crippen LogP contribution in [0.2, 0.25) is 0 Å². The van der Waals surface area contributed by atoms with Gasteiger partial charge in [-0.1, -0.05) is 6.07 Å². The summed E-state index contributed by atoms with van der Waals surface area (Å²) in [6.07, 6.45) is 2.78. The van der Waals surface area contributed by atoms with Gasteiger partial charge >= 0.3 is 0 Å². The number of halogens is 1. The molecule has 2 atom stereocenters. The SMILES string of the molecule is CN1CCC2C(C1)c1cc(F)ccc1N2C#Cc1ccccn1. The first-order valence-electron chi connectivity index (χ1n) is 7.92. The summed E-state index contributed by atoms with van der Waals surface area (Å²) < 4.78 is 13.7. The van der Waals surface area contributed by atoms with Crippen LogP contribution in [0.15, 0.2) is 42.6 Å². The van der Waals surface area contributed by atoms with Crippen LogP contribution in [-0.2, 0) is 0 Å². The minimum absolute atomic E-state index is 0.171. The summed E-state index contributed by atoms with van der Waals surface area (Å²) in [7, 11) is 2.12. The summed E-state index contributed by atoms with van der Waals surface area (Å²) in [4.78, 5) is 8.69. The summed E-state index contributed by atoms with van der Waals surface area (Å²) >= 11 is 0. The summed E-state index contributed by atoms with van der Waals surface area (Å²) in [6.45, 7) is 1.99. The van der Waals surface area contributed by atoms with Crippen molar-refractivity contribution in [2.24, 2.45) is 0 Å². The van der Waals surface area contributed by atoms with E-state index in [-0.39, 0.29) is 5.82 Å². The Morgan fingerprint density at radius 3 is 3.00 bits per heavy atom. The van der Waals surface area contributed by atoms with E-state index in [1.165, 1.54) is 6.07 Å². The highest BCUT2D eigenvalue weighted by Crippen LogP contribution is 2.44. The van der Waals surface area contributed by atoms with Crippen LogP contribution in [0.5, 0.6) is 0 Å². The minimum atomic E-state index is -0.171. The third-order valence-corrected chi connectivity index (χ3v) is 4.73. The Morgan fingerprint density at radius 2 is 2.17 bits per heavy atom. The molecule has 0 saturated carbocycles. The maximum atomic E-state index is 13.7. The van der Waals surface area contributed by atoms with Crippen molar-refractivity contribution in [1.29, 1.82) is 0 Å². The second-order valence-electron chi connectivity index (χ2n) is 6.25. The number of aromatic nitrogens is 1. The predicted molar refractivity (Wildman–Crippen MR) is 88.6 cm³/mol. The zero-order valence-electron chi connectivity index (χ0n) is 13.0. The van der Waals surface area contributed by atoms with Crippen molar-refractivity contribution in [1.82, 2.24) is 9.88 Å². The Morgan fingerprint density at radius 1 is 1.26 bits per heavy atom. The fraction of sp³-hybridized carbons (Fsp3) is 0.316. The number of anilines is 1. The number of benzene rings is 1. The molecule has 3 nitrogen and oxygen atoms in total. The third-order valence-electron chi connectivity index (χ3n) is 4.73. The van der Waals surface area contributed by atoms with Crippen molar-refractivity contribution in [2.75, 3.05) is 25.0 Å². The number of likely N-dealkylation sites (N-methyl/N-ethyl adjacent to an activating group) is 1. The lowest BCUT2D eigenvalue weighted by atomic mass is 9.89. The first-order valence-corrected chi connectivity index (χ1v) is 7.92. The lowest BCUT2D eigenvalue weighted by molar-refractivity contribution is 0.236. The van der Waals surface area contributed by atoms with Crippen molar-refractivity contribution >= 4 is 5.69 Å². The first-order chi connectivity index (χ1) is 11.2. The zero-order chi connectivity index (χ0) is 15.8. The molecule has 1 fully saturated rings. The Kier molecular flexibility index (Phi) is 3.51. The number of likely N-dealkylation sites (tertiary alicyclic amines) is 1. The van der Waals surface area contributed by atoms with Crippen LogP contribution in [-0.4, -0.2) is 36.1 Å². The molecule has 116 valence electrons. The molecule has 0 bridgehead atoms. The lowest BCUT2D eigenvalue weighted by Crippen LogP contribution is -2.43. The normalized spacial score (nSPS) is 23.0. The quantitative estimate of drug-likeness (QED) is 0.698. The molecule has 23 heavy (non-hydrogen) atoms. The Labute approximate surface area is 135 Å². The van der Waals surface area contributed by atoms with Gasteiger partial charge in [-0.15, -0.1) is 0 Å². The Bertz CT molecular complexity index is 778.